The number of esters is 1. The van der Waals surface area contributed by atoms with Crippen molar-refractivity contribution in [3.8, 4) is 0 Å². The van der Waals surface area contributed by atoms with E-state index in [2.05, 4.69) is 4.98 Å². The number of pyridine rings is 1. The molecule has 1 heterocycles. The van der Waals surface area contributed by atoms with Gasteiger partial charge in [0.05, 0.1) is 11.6 Å². The van der Waals surface area contributed by atoms with Gasteiger partial charge in [-0.25, -0.2) is 14.2 Å². The second-order valence-corrected chi connectivity index (χ2v) is 3.99. The van der Waals surface area contributed by atoms with E-state index in [-0.39, 0.29) is 17.6 Å². The molecule has 0 radical (unpaired) electrons. The largest absolute Gasteiger partial charge is 0.458 e. The Labute approximate surface area is 98.2 Å². The third kappa shape index (κ3) is 2.58. The Balaban J connectivity index is 2.40. The summed E-state index contributed by atoms with van der Waals surface area (Å²) >= 11 is 0. The van der Waals surface area contributed by atoms with Crippen LogP contribution in [0.2, 0.25) is 0 Å². The third-order valence-electron chi connectivity index (χ3n) is 2.21. The van der Waals surface area contributed by atoms with Crippen LogP contribution in [0.3, 0.4) is 0 Å². The Kier molecular flexibility index (Phi) is 3.04. The van der Waals surface area contributed by atoms with E-state index in [0.717, 1.165) is 5.39 Å². The molecule has 0 bridgehead atoms. The molecule has 0 spiro atoms. The zero-order valence-corrected chi connectivity index (χ0v) is 9.61. The molecule has 0 fully saturated rings. The van der Waals surface area contributed by atoms with Crippen molar-refractivity contribution in [1.82, 2.24) is 4.98 Å². The first-order valence-corrected chi connectivity index (χ1v) is 5.33. The van der Waals surface area contributed by atoms with Crippen LogP contribution in [0, 0.1) is 5.82 Å². The molecule has 2 rings (SSSR count). The van der Waals surface area contributed by atoms with Crippen molar-refractivity contribution in [3.05, 3.63) is 41.8 Å². The number of carbonyl (C=O) groups excluding carboxylic acids is 1. The van der Waals surface area contributed by atoms with Gasteiger partial charge in [-0.2, -0.15) is 0 Å². The monoisotopic (exact) mass is 233 g/mol. The SMILES string of the molecule is CC(C)OC(=O)c1ccc2ccc(F)cc2n1. The Morgan fingerprint density at radius 1 is 1.29 bits per heavy atom. The number of carbonyl (C=O) groups is 1. The van der Waals surface area contributed by atoms with Crippen molar-refractivity contribution in [2.45, 2.75) is 20.0 Å². The number of nitrogens with zero attached hydrogens (tertiary/aromatic N) is 1. The fourth-order valence-electron chi connectivity index (χ4n) is 1.48. The standard InChI is InChI=1S/C13H12FNO2/c1-8(2)17-13(16)11-6-4-9-3-5-10(14)7-12(9)15-11/h3-8H,1-2H3. The van der Waals surface area contributed by atoms with E-state index in [1.807, 2.05) is 0 Å². The van der Waals surface area contributed by atoms with E-state index < -0.39 is 5.97 Å². The number of rotatable bonds is 2. The van der Waals surface area contributed by atoms with Crippen molar-refractivity contribution >= 4 is 16.9 Å². The summed E-state index contributed by atoms with van der Waals surface area (Å²) in [5.41, 5.74) is 0.639. The highest BCUT2D eigenvalue weighted by Crippen LogP contribution is 2.14. The average Bonchev–Trinajstić information content (AvgIpc) is 2.27. The summed E-state index contributed by atoms with van der Waals surface area (Å²) in [6.07, 6.45) is -0.201. The Morgan fingerprint density at radius 3 is 2.71 bits per heavy atom. The van der Waals surface area contributed by atoms with E-state index in [1.54, 1.807) is 32.0 Å². The molecule has 0 unspecified atom stereocenters. The van der Waals surface area contributed by atoms with Gasteiger partial charge in [0.15, 0.2) is 0 Å². The van der Waals surface area contributed by atoms with Gasteiger partial charge in [-0.05, 0) is 32.0 Å². The molecule has 0 amide bonds. The number of aromatic nitrogens is 1. The van der Waals surface area contributed by atoms with Crippen LogP contribution in [-0.4, -0.2) is 17.1 Å². The summed E-state index contributed by atoms with van der Waals surface area (Å²) in [6.45, 7) is 3.53. The van der Waals surface area contributed by atoms with Crippen molar-refractivity contribution in [3.63, 3.8) is 0 Å². The molecular formula is C13H12FNO2. The van der Waals surface area contributed by atoms with Gasteiger partial charge in [0, 0.05) is 11.5 Å². The number of fused-ring (bicyclic) bond motifs is 1. The van der Waals surface area contributed by atoms with Crippen LogP contribution in [0.5, 0.6) is 0 Å². The van der Waals surface area contributed by atoms with Crippen LogP contribution in [0.1, 0.15) is 24.3 Å². The predicted molar refractivity (Wildman–Crippen MR) is 62.3 cm³/mol. The summed E-state index contributed by atoms with van der Waals surface area (Å²) in [4.78, 5) is 15.7. The molecule has 0 saturated heterocycles. The highest BCUT2D eigenvalue weighted by atomic mass is 19.1. The smallest absolute Gasteiger partial charge is 0.357 e. The number of ether oxygens (including phenoxy) is 1. The van der Waals surface area contributed by atoms with E-state index in [1.165, 1.54) is 12.1 Å². The Morgan fingerprint density at radius 2 is 2.00 bits per heavy atom. The van der Waals surface area contributed by atoms with Gasteiger partial charge in [0.2, 0.25) is 0 Å². The van der Waals surface area contributed by atoms with Crippen molar-refractivity contribution in [2.75, 3.05) is 0 Å². The lowest BCUT2D eigenvalue weighted by atomic mass is 10.2. The average molecular weight is 233 g/mol. The highest BCUT2D eigenvalue weighted by Gasteiger charge is 2.11. The number of benzene rings is 1. The molecule has 0 atom stereocenters. The number of hydrogen-bond acceptors (Lipinski definition) is 3. The summed E-state index contributed by atoms with van der Waals surface area (Å²) in [7, 11) is 0. The van der Waals surface area contributed by atoms with E-state index >= 15 is 0 Å². The molecule has 2 aromatic rings. The molecule has 1 aromatic heterocycles. The van der Waals surface area contributed by atoms with Gasteiger partial charge >= 0.3 is 5.97 Å². The van der Waals surface area contributed by atoms with Gasteiger partial charge in [0.25, 0.3) is 0 Å². The highest BCUT2D eigenvalue weighted by molar-refractivity contribution is 5.91. The molecule has 88 valence electrons. The zero-order chi connectivity index (χ0) is 12.4. The second-order valence-electron chi connectivity index (χ2n) is 3.99. The first-order valence-electron chi connectivity index (χ1n) is 5.33. The molecule has 0 N–H and O–H groups in total. The summed E-state index contributed by atoms with van der Waals surface area (Å²) in [5, 5.41) is 0.785. The minimum Gasteiger partial charge on any atom is -0.458 e. The van der Waals surface area contributed by atoms with Gasteiger partial charge in [-0.15, -0.1) is 0 Å². The van der Waals surface area contributed by atoms with Gasteiger partial charge < -0.3 is 4.74 Å². The molecule has 3 nitrogen and oxygen atoms in total. The lowest BCUT2D eigenvalue weighted by Gasteiger charge is -2.07. The quantitative estimate of drug-likeness (QED) is 0.748. The van der Waals surface area contributed by atoms with E-state index in [4.69, 9.17) is 4.74 Å². The minimum absolute atomic E-state index is 0.191. The maximum Gasteiger partial charge on any atom is 0.357 e. The topological polar surface area (TPSA) is 39.2 Å². The maximum absolute atomic E-state index is 13.0. The number of hydrogen-bond donors (Lipinski definition) is 0. The third-order valence-corrected chi connectivity index (χ3v) is 2.21. The molecule has 4 heteroatoms. The van der Waals surface area contributed by atoms with E-state index in [9.17, 15) is 9.18 Å². The van der Waals surface area contributed by atoms with Gasteiger partial charge in [-0.3, -0.25) is 0 Å². The Bertz CT molecular complexity index is 566. The molecule has 17 heavy (non-hydrogen) atoms. The first kappa shape index (κ1) is 11.5. The molecule has 1 aromatic carbocycles. The second kappa shape index (κ2) is 4.49. The molecule has 0 aliphatic heterocycles. The van der Waals surface area contributed by atoms with Gasteiger partial charge in [0.1, 0.15) is 11.5 Å². The van der Waals surface area contributed by atoms with Crippen LogP contribution in [0.15, 0.2) is 30.3 Å². The summed E-state index contributed by atoms with van der Waals surface area (Å²) in [6, 6.07) is 7.57. The predicted octanol–water partition coefficient (Wildman–Crippen LogP) is 2.94. The fourth-order valence-corrected chi connectivity index (χ4v) is 1.48. The molecule has 0 aliphatic carbocycles. The lowest BCUT2D eigenvalue weighted by molar-refractivity contribution is 0.0371. The van der Waals surface area contributed by atoms with Crippen LogP contribution in [-0.2, 0) is 4.74 Å². The van der Waals surface area contributed by atoms with Crippen LogP contribution < -0.4 is 0 Å². The first-order chi connectivity index (χ1) is 8.06. The van der Waals surface area contributed by atoms with Gasteiger partial charge in [-0.1, -0.05) is 6.07 Å². The maximum atomic E-state index is 13.0. The fraction of sp³-hybridized carbons (Fsp3) is 0.231. The molecular weight excluding hydrogens is 221 g/mol. The van der Waals surface area contributed by atoms with Crippen LogP contribution in [0.4, 0.5) is 4.39 Å². The summed E-state index contributed by atoms with van der Waals surface area (Å²) in [5.74, 6) is -0.870. The molecule has 0 aliphatic rings. The molecule has 0 saturated carbocycles. The normalized spacial score (nSPS) is 10.8. The van der Waals surface area contributed by atoms with Crippen molar-refractivity contribution in [2.24, 2.45) is 0 Å². The lowest BCUT2D eigenvalue weighted by Crippen LogP contribution is -2.12. The number of halogens is 1. The Hall–Kier alpha value is -1.97. The summed E-state index contributed by atoms with van der Waals surface area (Å²) < 4.78 is 18.0. The minimum atomic E-state index is -0.494. The zero-order valence-electron chi connectivity index (χ0n) is 9.61. The van der Waals surface area contributed by atoms with Crippen LogP contribution >= 0.6 is 0 Å². The van der Waals surface area contributed by atoms with E-state index in [0.29, 0.717) is 5.52 Å². The van der Waals surface area contributed by atoms with Crippen LogP contribution in [0.25, 0.3) is 10.9 Å². The van der Waals surface area contributed by atoms with Crippen molar-refractivity contribution in [1.29, 1.82) is 0 Å². The van der Waals surface area contributed by atoms with Crippen molar-refractivity contribution < 1.29 is 13.9 Å².